The minimum atomic E-state index is -0.451. The number of benzene rings is 2. The summed E-state index contributed by atoms with van der Waals surface area (Å²) in [5.74, 6) is 0.101. The van der Waals surface area contributed by atoms with E-state index in [1.807, 2.05) is 31.2 Å². The molecule has 0 atom stereocenters. The average molecular weight is 393 g/mol. The fourth-order valence-corrected chi connectivity index (χ4v) is 3.33. The van der Waals surface area contributed by atoms with E-state index in [9.17, 15) is 14.4 Å². The fraction of sp³-hybridized carbons (Fsp3) is 0.348. The Morgan fingerprint density at radius 3 is 2.34 bits per heavy atom. The summed E-state index contributed by atoms with van der Waals surface area (Å²) in [5.41, 5.74) is 1.58. The summed E-state index contributed by atoms with van der Waals surface area (Å²) in [5, 5.41) is 3.28. The molecule has 3 aromatic rings. The van der Waals surface area contributed by atoms with Gasteiger partial charge in [-0.15, -0.1) is 0 Å². The Labute approximate surface area is 169 Å². The van der Waals surface area contributed by atoms with Crippen molar-refractivity contribution < 1.29 is 4.79 Å². The third-order valence-corrected chi connectivity index (χ3v) is 5.03. The lowest BCUT2D eigenvalue weighted by Gasteiger charge is -2.14. The van der Waals surface area contributed by atoms with E-state index in [0.717, 1.165) is 12.8 Å². The maximum Gasteiger partial charge on any atom is 0.331 e. The summed E-state index contributed by atoms with van der Waals surface area (Å²) in [4.78, 5) is 38.3. The van der Waals surface area contributed by atoms with Gasteiger partial charge < -0.3 is 5.32 Å². The molecule has 0 saturated heterocycles. The molecule has 1 N–H and O–H groups in total. The van der Waals surface area contributed by atoms with Crippen molar-refractivity contribution in [1.29, 1.82) is 0 Å². The van der Waals surface area contributed by atoms with Gasteiger partial charge in [-0.3, -0.25) is 18.7 Å². The highest BCUT2D eigenvalue weighted by Gasteiger charge is 2.15. The number of hydrogen-bond donors (Lipinski definition) is 1. The van der Waals surface area contributed by atoms with Crippen molar-refractivity contribution in [2.75, 3.05) is 5.32 Å². The van der Waals surface area contributed by atoms with Gasteiger partial charge in [0.1, 0.15) is 6.54 Å². The Hall–Kier alpha value is -3.15. The molecule has 0 fully saturated rings. The van der Waals surface area contributed by atoms with Crippen LogP contribution in [-0.4, -0.2) is 15.0 Å². The van der Waals surface area contributed by atoms with E-state index in [-0.39, 0.29) is 18.0 Å². The normalized spacial score (nSPS) is 11.2. The van der Waals surface area contributed by atoms with Crippen LogP contribution in [0.1, 0.15) is 45.1 Å². The van der Waals surface area contributed by atoms with Crippen LogP contribution < -0.4 is 16.6 Å². The SMILES string of the molecule is CCCCn1c(=O)c2ccccc2n(CC(=O)Nc2ccc(C(C)C)cc2)c1=O. The van der Waals surface area contributed by atoms with Crippen LogP contribution in [0.2, 0.25) is 0 Å². The molecule has 29 heavy (non-hydrogen) atoms. The van der Waals surface area contributed by atoms with Gasteiger partial charge in [0.15, 0.2) is 0 Å². The van der Waals surface area contributed by atoms with Gasteiger partial charge in [0.2, 0.25) is 5.91 Å². The monoisotopic (exact) mass is 393 g/mol. The molecule has 0 aliphatic carbocycles. The largest absolute Gasteiger partial charge is 0.331 e. The molecular formula is C23H27N3O3. The molecule has 152 valence electrons. The zero-order valence-corrected chi connectivity index (χ0v) is 17.1. The van der Waals surface area contributed by atoms with Crippen molar-refractivity contribution in [3.05, 3.63) is 74.9 Å². The highest BCUT2D eigenvalue weighted by molar-refractivity contribution is 5.91. The van der Waals surface area contributed by atoms with Crippen LogP contribution in [0.5, 0.6) is 0 Å². The van der Waals surface area contributed by atoms with Crippen LogP contribution in [0.15, 0.2) is 58.1 Å². The second-order valence-electron chi connectivity index (χ2n) is 7.52. The summed E-state index contributed by atoms with van der Waals surface area (Å²) in [7, 11) is 0. The van der Waals surface area contributed by atoms with E-state index in [4.69, 9.17) is 0 Å². The van der Waals surface area contributed by atoms with Gasteiger partial charge in [0.25, 0.3) is 5.56 Å². The Kier molecular flexibility index (Phi) is 6.32. The minimum Gasteiger partial charge on any atom is -0.325 e. The average Bonchev–Trinajstić information content (AvgIpc) is 2.71. The first-order valence-electron chi connectivity index (χ1n) is 10.0. The third-order valence-electron chi connectivity index (χ3n) is 5.03. The molecule has 0 bridgehead atoms. The smallest absolute Gasteiger partial charge is 0.325 e. The molecule has 1 aromatic heterocycles. The topological polar surface area (TPSA) is 73.1 Å². The van der Waals surface area contributed by atoms with Gasteiger partial charge in [0.05, 0.1) is 10.9 Å². The number of rotatable bonds is 7. The van der Waals surface area contributed by atoms with Crippen LogP contribution in [0.25, 0.3) is 10.9 Å². The van der Waals surface area contributed by atoms with Gasteiger partial charge >= 0.3 is 5.69 Å². The summed E-state index contributed by atoms with van der Waals surface area (Å²) in [6, 6.07) is 14.6. The zero-order chi connectivity index (χ0) is 21.0. The lowest BCUT2D eigenvalue weighted by atomic mass is 10.0. The van der Waals surface area contributed by atoms with E-state index in [1.54, 1.807) is 24.3 Å². The van der Waals surface area contributed by atoms with Crippen molar-refractivity contribution in [3.8, 4) is 0 Å². The maximum atomic E-state index is 13.0. The molecule has 2 aromatic carbocycles. The van der Waals surface area contributed by atoms with Crippen molar-refractivity contribution in [1.82, 2.24) is 9.13 Å². The maximum absolute atomic E-state index is 13.0. The number of hydrogen-bond acceptors (Lipinski definition) is 3. The van der Waals surface area contributed by atoms with Crippen LogP contribution in [0, 0.1) is 0 Å². The quantitative estimate of drug-likeness (QED) is 0.665. The molecule has 3 rings (SSSR count). The first-order chi connectivity index (χ1) is 13.9. The number of nitrogens with one attached hydrogen (secondary N) is 1. The number of para-hydroxylation sites is 1. The summed E-state index contributed by atoms with van der Waals surface area (Å²) in [6.07, 6.45) is 1.59. The Balaban J connectivity index is 1.93. The number of carbonyl (C=O) groups is 1. The molecule has 1 amide bonds. The zero-order valence-electron chi connectivity index (χ0n) is 17.1. The van der Waals surface area contributed by atoms with Crippen molar-refractivity contribution in [2.45, 2.75) is 52.6 Å². The van der Waals surface area contributed by atoms with Crippen LogP contribution in [0.3, 0.4) is 0 Å². The van der Waals surface area contributed by atoms with Crippen LogP contribution in [-0.2, 0) is 17.9 Å². The molecule has 0 unspecified atom stereocenters. The fourth-order valence-electron chi connectivity index (χ4n) is 3.33. The Morgan fingerprint density at radius 1 is 1.00 bits per heavy atom. The molecule has 0 saturated carbocycles. The predicted molar refractivity (Wildman–Crippen MR) is 117 cm³/mol. The predicted octanol–water partition coefficient (Wildman–Crippen LogP) is 3.73. The van der Waals surface area contributed by atoms with Crippen LogP contribution in [0.4, 0.5) is 5.69 Å². The van der Waals surface area contributed by atoms with Crippen molar-refractivity contribution >= 4 is 22.5 Å². The molecule has 1 heterocycles. The second-order valence-corrected chi connectivity index (χ2v) is 7.52. The molecule has 0 aliphatic heterocycles. The van der Waals surface area contributed by atoms with E-state index >= 15 is 0 Å². The highest BCUT2D eigenvalue weighted by atomic mass is 16.2. The van der Waals surface area contributed by atoms with E-state index in [2.05, 4.69) is 19.2 Å². The van der Waals surface area contributed by atoms with Gasteiger partial charge in [0, 0.05) is 12.2 Å². The molecule has 6 nitrogen and oxygen atoms in total. The van der Waals surface area contributed by atoms with Crippen molar-refractivity contribution in [3.63, 3.8) is 0 Å². The van der Waals surface area contributed by atoms with Crippen molar-refractivity contribution in [2.24, 2.45) is 0 Å². The number of aromatic nitrogens is 2. The molecule has 6 heteroatoms. The number of nitrogens with zero attached hydrogens (tertiary/aromatic N) is 2. The summed E-state index contributed by atoms with van der Waals surface area (Å²) < 4.78 is 2.61. The molecule has 0 radical (unpaired) electrons. The van der Waals surface area contributed by atoms with Crippen LogP contribution >= 0.6 is 0 Å². The van der Waals surface area contributed by atoms with E-state index in [0.29, 0.717) is 29.1 Å². The number of anilines is 1. The Morgan fingerprint density at radius 2 is 1.69 bits per heavy atom. The molecular weight excluding hydrogens is 366 g/mol. The lowest BCUT2D eigenvalue weighted by Crippen LogP contribution is -2.41. The first-order valence-corrected chi connectivity index (χ1v) is 10.0. The number of carbonyl (C=O) groups excluding carboxylic acids is 1. The van der Waals surface area contributed by atoms with Gasteiger partial charge in [-0.05, 0) is 42.2 Å². The van der Waals surface area contributed by atoms with Gasteiger partial charge in [-0.25, -0.2) is 4.79 Å². The second kappa shape index (κ2) is 8.90. The first kappa shape index (κ1) is 20.6. The number of amides is 1. The third kappa shape index (κ3) is 4.47. The standard InChI is InChI=1S/C23H27N3O3/c1-4-5-14-25-22(28)19-8-6-7-9-20(19)26(23(25)29)15-21(27)24-18-12-10-17(11-13-18)16(2)3/h6-13,16H,4-5,14-15H2,1-3H3,(H,24,27). The summed E-state index contributed by atoms with van der Waals surface area (Å²) >= 11 is 0. The lowest BCUT2D eigenvalue weighted by molar-refractivity contribution is -0.116. The van der Waals surface area contributed by atoms with Gasteiger partial charge in [-0.2, -0.15) is 0 Å². The number of unbranched alkanes of at least 4 members (excludes halogenated alkanes) is 1. The highest BCUT2D eigenvalue weighted by Crippen LogP contribution is 2.17. The van der Waals surface area contributed by atoms with Gasteiger partial charge in [-0.1, -0.05) is 51.5 Å². The Bertz CT molecular complexity index is 1120. The minimum absolute atomic E-state index is 0.155. The molecule has 0 aliphatic rings. The summed E-state index contributed by atoms with van der Waals surface area (Å²) in [6.45, 7) is 6.41. The molecule has 0 spiro atoms. The number of fused-ring (bicyclic) bond motifs is 1. The van der Waals surface area contributed by atoms with E-state index < -0.39 is 5.69 Å². The van der Waals surface area contributed by atoms with E-state index in [1.165, 1.54) is 14.7 Å².